The van der Waals surface area contributed by atoms with E-state index in [1.807, 2.05) is 6.07 Å². The molecule has 22 heavy (non-hydrogen) atoms. The summed E-state index contributed by atoms with van der Waals surface area (Å²) in [4.78, 5) is 12.7. The zero-order chi connectivity index (χ0) is 15.5. The first-order valence-electron chi connectivity index (χ1n) is 6.63. The second kappa shape index (κ2) is 4.41. The molecule has 108 valence electrons. The first-order chi connectivity index (χ1) is 10.5. The molecule has 3 aromatic carbocycles. The third kappa shape index (κ3) is 1.74. The number of hydrogen-bond donors (Lipinski definition) is 0. The van der Waals surface area contributed by atoms with Crippen molar-refractivity contribution in [2.24, 2.45) is 0 Å². The molecule has 0 aliphatic heterocycles. The molecule has 0 fully saturated rings. The van der Waals surface area contributed by atoms with Crippen molar-refractivity contribution in [1.29, 1.82) is 0 Å². The molecule has 3 aromatic rings. The fourth-order valence-corrected chi connectivity index (χ4v) is 4.14. The van der Waals surface area contributed by atoms with Crippen LogP contribution < -0.4 is 0 Å². The third-order valence-corrected chi connectivity index (χ3v) is 5.32. The Labute approximate surface area is 131 Å². The number of ketones is 1. The zero-order valence-corrected chi connectivity index (χ0v) is 12.8. The molecule has 3 nitrogen and oxygen atoms in total. The van der Waals surface area contributed by atoms with Gasteiger partial charge in [0.25, 0.3) is 9.05 Å². The standard InChI is InChI=1S/C17H9ClO3S/c18-22(20,21)14-9-8-10-4-3-7-13-15(10)16(14)11-5-1-2-6-12(11)17(13)19/h1-9H. The van der Waals surface area contributed by atoms with Crippen LogP contribution in [0.2, 0.25) is 0 Å². The van der Waals surface area contributed by atoms with Gasteiger partial charge in [-0.25, -0.2) is 8.42 Å². The van der Waals surface area contributed by atoms with E-state index >= 15 is 0 Å². The molecule has 0 amide bonds. The fourth-order valence-electron chi connectivity index (χ4n) is 3.06. The van der Waals surface area contributed by atoms with Crippen LogP contribution in [0.5, 0.6) is 0 Å². The van der Waals surface area contributed by atoms with Gasteiger partial charge < -0.3 is 0 Å². The molecule has 5 heteroatoms. The molecule has 1 aliphatic carbocycles. The van der Waals surface area contributed by atoms with Gasteiger partial charge in [0.15, 0.2) is 5.78 Å². The molecule has 0 spiro atoms. The Morgan fingerprint density at radius 3 is 2.18 bits per heavy atom. The Bertz CT molecular complexity index is 1070. The van der Waals surface area contributed by atoms with E-state index in [0.717, 1.165) is 5.39 Å². The smallest absolute Gasteiger partial charge is 0.261 e. The minimum atomic E-state index is -3.92. The molecule has 0 saturated carbocycles. The molecule has 1 aliphatic rings. The van der Waals surface area contributed by atoms with Gasteiger partial charge in [0, 0.05) is 32.8 Å². The van der Waals surface area contributed by atoms with Crippen LogP contribution in [0.15, 0.2) is 59.5 Å². The third-order valence-electron chi connectivity index (χ3n) is 3.96. The predicted octanol–water partition coefficient (Wildman–Crippen LogP) is 3.98. The predicted molar refractivity (Wildman–Crippen MR) is 85.9 cm³/mol. The Morgan fingerprint density at radius 1 is 0.773 bits per heavy atom. The van der Waals surface area contributed by atoms with Gasteiger partial charge in [-0.15, -0.1) is 0 Å². The molecular formula is C17H9ClO3S. The van der Waals surface area contributed by atoms with Crippen molar-refractivity contribution >= 4 is 36.3 Å². The van der Waals surface area contributed by atoms with Crippen molar-refractivity contribution in [3.8, 4) is 11.1 Å². The first kappa shape index (κ1) is 13.5. The van der Waals surface area contributed by atoms with Crippen LogP contribution in [0.3, 0.4) is 0 Å². The molecule has 4 rings (SSSR count). The lowest BCUT2D eigenvalue weighted by molar-refractivity contribution is 0.104. The summed E-state index contributed by atoms with van der Waals surface area (Å²) < 4.78 is 23.9. The molecule has 0 aromatic heterocycles. The molecule has 0 radical (unpaired) electrons. The second-order valence-corrected chi connectivity index (χ2v) is 7.69. The van der Waals surface area contributed by atoms with E-state index in [-0.39, 0.29) is 10.7 Å². The summed E-state index contributed by atoms with van der Waals surface area (Å²) in [5.74, 6) is -0.0992. The van der Waals surface area contributed by atoms with Gasteiger partial charge >= 0.3 is 0 Å². The van der Waals surface area contributed by atoms with Crippen molar-refractivity contribution in [3.63, 3.8) is 0 Å². The van der Waals surface area contributed by atoms with Crippen molar-refractivity contribution in [1.82, 2.24) is 0 Å². The average Bonchev–Trinajstić information content (AvgIpc) is 2.51. The molecular weight excluding hydrogens is 320 g/mol. The minimum Gasteiger partial charge on any atom is -0.289 e. The Morgan fingerprint density at radius 2 is 1.45 bits per heavy atom. The van der Waals surface area contributed by atoms with Gasteiger partial charge in [-0.2, -0.15) is 0 Å². The number of carbonyl (C=O) groups is 1. The van der Waals surface area contributed by atoms with Crippen molar-refractivity contribution < 1.29 is 13.2 Å². The minimum absolute atomic E-state index is 0.0362. The quantitative estimate of drug-likeness (QED) is 0.497. The molecule has 0 saturated heterocycles. The molecule has 0 N–H and O–H groups in total. The maximum atomic E-state index is 12.7. The largest absolute Gasteiger partial charge is 0.289 e. The van der Waals surface area contributed by atoms with Crippen molar-refractivity contribution in [2.75, 3.05) is 0 Å². The summed E-state index contributed by atoms with van der Waals surface area (Å²) in [6.07, 6.45) is 0. The number of halogens is 1. The van der Waals surface area contributed by atoms with Gasteiger partial charge in [-0.1, -0.05) is 48.5 Å². The maximum Gasteiger partial charge on any atom is 0.261 e. The number of benzene rings is 3. The van der Waals surface area contributed by atoms with Gasteiger partial charge in [-0.05, 0) is 17.0 Å². The zero-order valence-electron chi connectivity index (χ0n) is 11.2. The number of carbonyl (C=O) groups excluding carboxylic acids is 1. The fraction of sp³-hybridized carbons (Fsp3) is 0. The lowest BCUT2D eigenvalue weighted by Crippen LogP contribution is -2.11. The van der Waals surface area contributed by atoms with Crippen molar-refractivity contribution in [2.45, 2.75) is 4.90 Å². The van der Waals surface area contributed by atoms with Crippen LogP contribution >= 0.6 is 10.7 Å². The summed E-state index contributed by atoms with van der Waals surface area (Å²) >= 11 is 0. The lowest BCUT2D eigenvalue weighted by Gasteiger charge is -2.21. The highest BCUT2D eigenvalue weighted by atomic mass is 35.7. The highest BCUT2D eigenvalue weighted by molar-refractivity contribution is 8.13. The van der Waals surface area contributed by atoms with E-state index in [4.69, 9.17) is 10.7 Å². The van der Waals surface area contributed by atoms with Gasteiger partial charge in [0.05, 0.1) is 4.90 Å². The summed E-state index contributed by atoms with van der Waals surface area (Å²) in [6, 6.07) is 15.5. The van der Waals surface area contributed by atoms with Gasteiger partial charge in [0.1, 0.15) is 0 Å². The molecule has 0 bridgehead atoms. The molecule has 0 atom stereocenters. The van der Waals surface area contributed by atoms with Crippen molar-refractivity contribution in [3.05, 3.63) is 65.7 Å². The number of fused-ring (bicyclic) bond motifs is 2. The van der Waals surface area contributed by atoms with E-state index in [1.165, 1.54) is 6.07 Å². The average molecular weight is 329 g/mol. The van der Waals surface area contributed by atoms with Gasteiger partial charge in [-0.3, -0.25) is 4.79 Å². The van der Waals surface area contributed by atoms with Gasteiger partial charge in [0.2, 0.25) is 0 Å². The number of hydrogen-bond acceptors (Lipinski definition) is 3. The van der Waals surface area contributed by atoms with Crippen LogP contribution in [0.25, 0.3) is 21.9 Å². The first-order valence-corrected chi connectivity index (χ1v) is 8.94. The Kier molecular flexibility index (Phi) is 2.71. The van der Waals surface area contributed by atoms with E-state index < -0.39 is 9.05 Å². The highest BCUT2D eigenvalue weighted by Crippen LogP contribution is 2.43. The van der Waals surface area contributed by atoms with Crippen LogP contribution in [0.1, 0.15) is 15.9 Å². The monoisotopic (exact) mass is 328 g/mol. The van der Waals surface area contributed by atoms with Crippen LogP contribution in [0.4, 0.5) is 0 Å². The van der Waals surface area contributed by atoms with E-state index in [1.54, 1.807) is 42.5 Å². The summed E-state index contributed by atoms with van der Waals surface area (Å²) in [5.41, 5.74) is 2.12. The summed E-state index contributed by atoms with van der Waals surface area (Å²) in [7, 11) is 1.69. The number of rotatable bonds is 1. The van der Waals surface area contributed by atoms with Crippen LogP contribution in [-0.2, 0) is 9.05 Å². The van der Waals surface area contributed by atoms with Crippen LogP contribution in [0, 0.1) is 0 Å². The summed E-state index contributed by atoms with van der Waals surface area (Å²) in [5, 5.41) is 1.47. The van der Waals surface area contributed by atoms with Crippen LogP contribution in [-0.4, -0.2) is 14.2 Å². The SMILES string of the molecule is O=C1c2ccccc2-c2c(S(=O)(=O)Cl)ccc3cccc1c23. The van der Waals surface area contributed by atoms with E-state index in [0.29, 0.717) is 27.6 Å². The Balaban J connectivity index is 2.32. The topological polar surface area (TPSA) is 51.2 Å². The highest BCUT2D eigenvalue weighted by Gasteiger charge is 2.29. The van der Waals surface area contributed by atoms with E-state index in [2.05, 4.69) is 0 Å². The summed E-state index contributed by atoms with van der Waals surface area (Å²) in [6.45, 7) is 0. The Hall–Kier alpha value is -2.17. The molecule has 0 heterocycles. The van der Waals surface area contributed by atoms with E-state index in [9.17, 15) is 13.2 Å². The molecule has 0 unspecified atom stereocenters. The lowest BCUT2D eigenvalue weighted by atomic mass is 9.83. The maximum absolute atomic E-state index is 12.7. The second-order valence-electron chi connectivity index (χ2n) is 5.15. The normalized spacial score (nSPS) is 13.2.